The molecule has 2 aromatic rings. The molecule has 0 bridgehead atoms. The van der Waals surface area contributed by atoms with Crippen molar-refractivity contribution in [3.63, 3.8) is 0 Å². The monoisotopic (exact) mass is 348 g/mol. The summed E-state index contributed by atoms with van der Waals surface area (Å²) in [6.07, 6.45) is 0. The number of anilines is 2. The van der Waals surface area contributed by atoms with Gasteiger partial charge in [0.1, 0.15) is 11.6 Å². The van der Waals surface area contributed by atoms with E-state index < -0.39 is 0 Å². The Hall–Kier alpha value is -2.45. The van der Waals surface area contributed by atoms with E-state index in [0.29, 0.717) is 11.4 Å². The zero-order valence-electron chi connectivity index (χ0n) is 13.8. The Kier molecular flexibility index (Phi) is 6.28. The number of ether oxygens (including phenoxy) is 1. The van der Waals surface area contributed by atoms with E-state index >= 15 is 0 Å². The second-order valence-corrected chi connectivity index (χ2v) is 6.10. The Morgan fingerprint density at radius 3 is 2.38 bits per heavy atom. The topological polar surface area (TPSA) is 92.4 Å². The van der Waals surface area contributed by atoms with Crippen LogP contribution in [0.3, 0.4) is 0 Å². The van der Waals surface area contributed by atoms with E-state index in [-0.39, 0.29) is 24.6 Å². The zero-order valence-corrected chi connectivity index (χ0v) is 14.6. The number of aryl methyl sites for hydroxylation is 1. The molecule has 3 N–H and O–H groups in total. The van der Waals surface area contributed by atoms with Gasteiger partial charge in [0.15, 0.2) is 0 Å². The summed E-state index contributed by atoms with van der Waals surface area (Å²) in [7, 11) is 1.46. The van der Waals surface area contributed by atoms with Crippen LogP contribution in [0, 0.1) is 6.92 Å². The second-order valence-electron chi connectivity index (χ2n) is 5.21. The lowest BCUT2D eigenvalue weighted by Gasteiger charge is -2.13. The number of hydrogen-bond acceptors (Lipinski definition) is 5. The van der Waals surface area contributed by atoms with Crippen molar-refractivity contribution in [2.45, 2.75) is 19.9 Å². The van der Waals surface area contributed by atoms with Crippen LogP contribution in [-0.2, 0) is 9.53 Å². The first-order chi connectivity index (χ1) is 11.5. The van der Waals surface area contributed by atoms with Gasteiger partial charge in [0, 0.05) is 29.6 Å². The second kappa shape index (κ2) is 8.42. The number of benzene rings is 1. The highest BCUT2D eigenvalue weighted by molar-refractivity contribution is 7.09. The van der Waals surface area contributed by atoms with Gasteiger partial charge in [-0.1, -0.05) is 0 Å². The van der Waals surface area contributed by atoms with Crippen molar-refractivity contribution in [1.82, 2.24) is 10.3 Å². The molecule has 128 valence electrons. The predicted octanol–water partition coefficient (Wildman–Crippen LogP) is 2.92. The van der Waals surface area contributed by atoms with Crippen molar-refractivity contribution in [3.8, 4) is 0 Å². The SMILES string of the molecule is COCC(=O)Nc1ccc(NC(=O)NC(C)c2nc(C)cs2)cc1. The molecule has 1 heterocycles. The minimum atomic E-state index is -0.313. The Balaban J connectivity index is 1.86. The molecule has 1 aromatic carbocycles. The van der Waals surface area contributed by atoms with Crippen LogP contribution >= 0.6 is 11.3 Å². The summed E-state index contributed by atoms with van der Waals surface area (Å²) in [6, 6.07) is 6.34. The zero-order chi connectivity index (χ0) is 17.5. The molecule has 0 saturated carbocycles. The van der Waals surface area contributed by atoms with E-state index in [1.54, 1.807) is 24.3 Å². The van der Waals surface area contributed by atoms with Crippen LogP contribution in [0.2, 0.25) is 0 Å². The normalized spacial score (nSPS) is 11.6. The molecule has 7 nitrogen and oxygen atoms in total. The summed E-state index contributed by atoms with van der Waals surface area (Å²) in [5.41, 5.74) is 2.20. The van der Waals surface area contributed by atoms with Gasteiger partial charge in [-0.15, -0.1) is 11.3 Å². The Labute approximate surface area is 144 Å². The predicted molar refractivity (Wildman–Crippen MR) is 94.4 cm³/mol. The third-order valence-electron chi connectivity index (χ3n) is 3.06. The molecular formula is C16H20N4O3S. The van der Waals surface area contributed by atoms with E-state index in [4.69, 9.17) is 4.74 Å². The summed E-state index contributed by atoms with van der Waals surface area (Å²) in [6.45, 7) is 3.79. The molecule has 1 unspecified atom stereocenters. The van der Waals surface area contributed by atoms with E-state index in [2.05, 4.69) is 20.9 Å². The van der Waals surface area contributed by atoms with Crippen molar-refractivity contribution < 1.29 is 14.3 Å². The first-order valence-corrected chi connectivity index (χ1v) is 8.24. The highest BCUT2D eigenvalue weighted by atomic mass is 32.1. The number of urea groups is 1. The van der Waals surface area contributed by atoms with Crippen LogP contribution in [0.25, 0.3) is 0 Å². The van der Waals surface area contributed by atoms with Crippen LogP contribution in [0.15, 0.2) is 29.6 Å². The van der Waals surface area contributed by atoms with Crippen LogP contribution in [0.1, 0.15) is 23.7 Å². The maximum absolute atomic E-state index is 12.0. The summed E-state index contributed by atoms with van der Waals surface area (Å²) < 4.78 is 4.75. The van der Waals surface area contributed by atoms with E-state index in [0.717, 1.165) is 10.7 Å². The Morgan fingerprint density at radius 1 is 1.21 bits per heavy atom. The van der Waals surface area contributed by atoms with Gasteiger partial charge in [0.2, 0.25) is 5.91 Å². The number of methoxy groups -OCH3 is 1. The summed E-state index contributed by atoms with van der Waals surface area (Å²) in [4.78, 5) is 27.8. The van der Waals surface area contributed by atoms with Crippen LogP contribution < -0.4 is 16.0 Å². The average Bonchev–Trinajstić information content (AvgIpc) is 2.96. The Morgan fingerprint density at radius 2 is 1.83 bits per heavy atom. The molecule has 1 aromatic heterocycles. The first kappa shape index (κ1) is 17.9. The number of amides is 3. The third kappa shape index (κ3) is 5.32. The van der Waals surface area contributed by atoms with Gasteiger partial charge in [-0.3, -0.25) is 4.79 Å². The third-order valence-corrected chi connectivity index (χ3v) is 4.20. The van der Waals surface area contributed by atoms with E-state index in [9.17, 15) is 9.59 Å². The first-order valence-electron chi connectivity index (χ1n) is 7.36. The van der Waals surface area contributed by atoms with E-state index in [1.807, 2.05) is 19.2 Å². The number of nitrogens with one attached hydrogen (secondary N) is 3. The lowest BCUT2D eigenvalue weighted by Crippen LogP contribution is -2.31. The summed E-state index contributed by atoms with van der Waals surface area (Å²) >= 11 is 1.51. The van der Waals surface area contributed by atoms with Crippen molar-refractivity contribution in [1.29, 1.82) is 0 Å². The number of carbonyl (C=O) groups is 2. The molecular weight excluding hydrogens is 328 g/mol. The quantitative estimate of drug-likeness (QED) is 0.748. The average molecular weight is 348 g/mol. The van der Waals surface area contributed by atoms with Crippen LogP contribution in [0.5, 0.6) is 0 Å². The molecule has 24 heavy (non-hydrogen) atoms. The molecule has 0 aliphatic carbocycles. The van der Waals surface area contributed by atoms with Crippen LogP contribution in [-0.4, -0.2) is 30.6 Å². The van der Waals surface area contributed by atoms with E-state index in [1.165, 1.54) is 18.4 Å². The van der Waals surface area contributed by atoms with Gasteiger partial charge >= 0.3 is 6.03 Å². The van der Waals surface area contributed by atoms with Gasteiger partial charge in [0.25, 0.3) is 0 Å². The molecule has 3 amide bonds. The van der Waals surface area contributed by atoms with Crippen molar-refractivity contribution in [3.05, 3.63) is 40.3 Å². The van der Waals surface area contributed by atoms with Gasteiger partial charge in [-0.05, 0) is 38.1 Å². The molecule has 0 aliphatic heterocycles. The number of carbonyl (C=O) groups excluding carboxylic acids is 2. The molecule has 8 heteroatoms. The minimum absolute atomic E-state index is 0.00345. The highest BCUT2D eigenvalue weighted by Gasteiger charge is 2.12. The minimum Gasteiger partial charge on any atom is -0.375 e. The maximum Gasteiger partial charge on any atom is 0.319 e. The highest BCUT2D eigenvalue weighted by Crippen LogP contribution is 2.18. The summed E-state index contributed by atoms with van der Waals surface area (Å²) in [5, 5.41) is 11.1. The van der Waals surface area contributed by atoms with Gasteiger partial charge in [0.05, 0.1) is 6.04 Å². The molecule has 0 saturated heterocycles. The van der Waals surface area contributed by atoms with Crippen molar-refractivity contribution in [2.75, 3.05) is 24.4 Å². The fraction of sp³-hybridized carbons (Fsp3) is 0.312. The number of aromatic nitrogens is 1. The molecule has 2 rings (SSSR count). The Bertz CT molecular complexity index is 700. The molecule has 0 aliphatic rings. The van der Waals surface area contributed by atoms with Gasteiger partial charge in [-0.2, -0.15) is 0 Å². The molecule has 0 fully saturated rings. The fourth-order valence-corrected chi connectivity index (χ4v) is 2.77. The lowest BCUT2D eigenvalue weighted by molar-refractivity contribution is -0.119. The number of hydrogen-bond donors (Lipinski definition) is 3. The fourth-order valence-electron chi connectivity index (χ4n) is 1.96. The van der Waals surface area contributed by atoms with Gasteiger partial charge < -0.3 is 20.7 Å². The summed E-state index contributed by atoms with van der Waals surface area (Å²) in [5.74, 6) is -0.233. The molecule has 0 spiro atoms. The maximum atomic E-state index is 12.0. The lowest BCUT2D eigenvalue weighted by atomic mass is 10.2. The molecule has 1 atom stereocenters. The number of rotatable bonds is 6. The van der Waals surface area contributed by atoms with Gasteiger partial charge in [-0.25, -0.2) is 9.78 Å². The van der Waals surface area contributed by atoms with Crippen molar-refractivity contribution in [2.24, 2.45) is 0 Å². The van der Waals surface area contributed by atoms with Crippen molar-refractivity contribution >= 4 is 34.6 Å². The number of nitrogens with zero attached hydrogens (tertiary/aromatic N) is 1. The van der Waals surface area contributed by atoms with Crippen LogP contribution in [0.4, 0.5) is 16.2 Å². The largest absolute Gasteiger partial charge is 0.375 e. The smallest absolute Gasteiger partial charge is 0.319 e. The standard InChI is InChI=1S/C16H20N4O3S/c1-10-9-24-15(17-10)11(2)18-16(22)20-13-6-4-12(5-7-13)19-14(21)8-23-3/h4-7,9,11H,8H2,1-3H3,(H,19,21)(H2,18,20,22). The number of thiazole rings is 1. The molecule has 0 radical (unpaired) electrons.